The fourth-order valence-electron chi connectivity index (χ4n) is 5.73. The van der Waals surface area contributed by atoms with Gasteiger partial charge in [0.25, 0.3) is 0 Å². The third-order valence-electron chi connectivity index (χ3n) is 7.41. The molecule has 2 aliphatic rings. The molecule has 7 nitrogen and oxygen atoms in total. The summed E-state index contributed by atoms with van der Waals surface area (Å²) in [6, 6.07) is 0. The molecule has 0 saturated carbocycles. The molecule has 2 atom stereocenters. The van der Waals surface area contributed by atoms with Crippen LogP contribution in [0.5, 0.6) is 0 Å². The van der Waals surface area contributed by atoms with E-state index in [1.165, 1.54) is 5.06 Å². The monoisotopic (exact) mass is 454 g/mol. The van der Waals surface area contributed by atoms with Crippen LogP contribution in [0.15, 0.2) is 0 Å². The lowest BCUT2D eigenvalue weighted by atomic mass is 9.91. The van der Waals surface area contributed by atoms with Crippen LogP contribution < -0.4 is 0 Å². The van der Waals surface area contributed by atoms with Crippen LogP contribution in [0.2, 0.25) is 0 Å². The van der Waals surface area contributed by atoms with Crippen molar-refractivity contribution in [2.75, 3.05) is 6.54 Å². The van der Waals surface area contributed by atoms with Crippen molar-refractivity contribution in [2.24, 2.45) is 0 Å². The summed E-state index contributed by atoms with van der Waals surface area (Å²) in [6.07, 6.45) is 3.61. The van der Waals surface area contributed by atoms with E-state index < -0.39 is 23.2 Å². The summed E-state index contributed by atoms with van der Waals surface area (Å²) in [5, 5.41) is 11.7. The lowest BCUT2D eigenvalue weighted by molar-refractivity contribution is -0.205. The molecule has 2 aliphatic heterocycles. The Morgan fingerprint density at radius 2 is 1.44 bits per heavy atom. The van der Waals surface area contributed by atoms with Crippen LogP contribution >= 0.6 is 0 Å². The maximum absolute atomic E-state index is 12.5. The molecular formula is C25H46N2O5. The van der Waals surface area contributed by atoms with Gasteiger partial charge in [-0.3, -0.25) is 14.5 Å². The molecule has 0 amide bonds. The maximum Gasteiger partial charge on any atom is 0.306 e. The van der Waals surface area contributed by atoms with Gasteiger partial charge in [0.2, 0.25) is 0 Å². The molecule has 2 rings (SSSR count). The molecule has 2 unspecified atom stereocenters. The number of hydrogen-bond donors (Lipinski definition) is 1. The SMILES string of the molecule is CCCN1C(C)(C)CCC(OC(=O)CCC(=O)OC2CC(C)(C)N(O)C2(C)C)CC1(C)C. The second-order valence-electron chi connectivity index (χ2n) is 12.1. The Labute approximate surface area is 194 Å². The van der Waals surface area contributed by atoms with Gasteiger partial charge in [-0.1, -0.05) is 6.92 Å². The quantitative estimate of drug-likeness (QED) is 0.559. The number of esters is 2. The van der Waals surface area contributed by atoms with Crippen LogP contribution in [0.3, 0.4) is 0 Å². The Balaban J connectivity index is 1.88. The van der Waals surface area contributed by atoms with Gasteiger partial charge < -0.3 is 14.7 Å². The first-order valence-electron chi connectivity index (χ1n) is 12.2. The highest BCUT2D eigenvalue weighted by Gasteiger charge is 2.53. The number of carbonyl (C=O) groups is 2. The Hall–Kier alpha value is -1.18. The highest BCUT2D eigenvalue weighted by molar-refractivity contribution is 5.77. The van der Waals surface area contributed by atoms with Gasteiger partial charge in [0, 0.05) is 29.5 Å². The van der Waals surface area contributed by atoms with E-state index >= 15 is 0 Å². The van der Waals surface area contributed by atoms with E-state index in [-0.39, 0.29) is 36.0 Å². The van der Waals surface area contributed by atoms with Gasteiger partial charge in [-0.15, -0.1) is 0 Å². The van der Waals surface area contributed by atoms with Crippen molar-refractivity contribution in [3.05, 3.63) is 0 Å². The first-order chi connectivity index (χ1) is 14.5. The lowest BCUT2D eigenvalue weighted by Crippen LogP contribution is -2.54. The minimum absolute atomic E-state index is 0.0111. The van der Waals surface area contributed by atoms with E-state index in [2.05, 4.69) is 39.5 Å². The Morgan fingerprint density at radius 1 is 0.875 bits per heavy atom. The zero-order chi connectivity index (χ0) is 24.5. The summed E-state index contributed by atoms with van der Waals surface area (Å²) < 4.78 is 11.5. The minimum atomic E-state index is -0.678. The van der Waals surface area contributed by atoms with E-state index in [0.29, 0.717) is 6.42 Å². The van der Waals surface area contributed by atoms with Crippen molar-refractivity contribution in [2.45, 2.75) is 142 Å². The zero-order valence-corrected chi connectivity index (χ0v) is 21.8. The van der Waals surface area contributed by atoms with Crippen LogP contribution in [-0.2, 0) is 19.1 Å². The van der Waals surface area contributed by atoms with Crippen molar-refractivity contribution < 1.29 is 24.3 Å². The Bertz CT molecular complexity index is 686. The second-order valence-corrected chi connectivity index (χ2v) is 12.1. The fourth-order valence-corrected chi connectivity index (χ4v) is 5.73. The number of carbonyl (C=O) groups excluding carboxylic acids is 2. The molecule has 2 fully saturated rings. The molecule has 2 saturated heterocycles. The predicted molar refractivity (Wildman–Crippen MR) is 124 cm³/mol. The van der Waals surface area contributed by atoms with Crippen LogP contribution in [0.4, 0.5) is 0 Å². The topological polar surface area (TPSA) is 79.3 Å². The first-order valence-corrected chi connectivity index (χ1v) is 12.2. The van der Waals surface area contributed by atoms with Gasteiger partial charge in [-0.2, -0.15) is 5.06 Å². The van der Waals surface area contributed by atoms with Gasteiger partial charge in [-0.05, 0) is 81.2 Å². The summed E-state index contributed by atoms with van der Waals surface area (Å²) >= 11 is 0. The molecule has 0 aliphatic carbocycles. The standard InChI is InChI=1S/C25H46N2O5/c1-10-15-26-22(2,3)14-13-18(16-23(26,4)5)31-20(28)11-12-21(29)32-19-17-24(6,7)27(30)25(19,8)9/h18-19,30H,10-17H2,1-9H3. The van der Waals surface area contributed by atoms with Crippen molar-refractivity contribution in [3.63, 3.8) is 0 Å². The third kappa shape index (κ3) is 6.03. The van der Waals surface area contributed by atoms with Crippen LogP contribution in [0, 0.1) is 0 Å². The maximum atomic E-state index is 12.5. The molecule has 0 aromatic rings. The Kier molecular flexibility index (Phi) is 8.11. The van der Waals surface area contributed by atoms with E-state index in [1.807, 2.05) is 27.7 Å². The number of likely N-dealkylation sites (tertiary alicyclic amines) is 1. The van der Waals surface area contributed by atoms with Crippen molar-refractivity contribution >= 4 is 11.9 Å². The van der Waals surface area contributed by atoms with Gasteiger partial charge in [0.05, 0.1) is 18.4 Å². The largest absolute Gasteiger partial charge is 0.462 e. The van der Waals surface area contributed by atoms with E-state index in [4.69, 9.17) is 9.47 Å². The normalized spacial score (nSPS) is 29.3. The van der Waals surface area contributed by atoms with E-state index in [9.17, 15) is 14.8 Å². The zero-order valence-electron chi connectivity index (χ0n) is 21.8. The molecule has 32 heavy (non-hydrogen) atoms. The highest BCUT2D eigenvalue weighted by Crippen LogP contribution is 2.41. The third-order valence-corrected chi connectivity index (χ3v) is 7.41. The van der Waals surface area contributed by atoms with Crippen LogP contribution in [0.1, 0.15) is 107 Å². The number of hydroxylamine groups is 2. The molecule has 0 spiro atoms. The Morgan fingerprint density at radius 3 is 1.94 bits per heavy atom. The smallest absolute Gasteiger partial charge is 0.306 e. The van der Waals surface area contributed by atoms with E-state index in [1.54, 1.807) is 0 Å². The lowest BCUT2D eigenvalue weighted by Gasteiger charge is -2.47. The molecule has 0 bridgehead atoms. The molecule has 0 aromatic carbocycles. The summed E-state index contributed by atoms with van der Waals surface area (Å²) in [4.78, 5) is 27.5. The minimum Gasteiger partial charge on any atom is -0.462 e. The van der Waals surface area contributed by atoms with Crippen LogP contribution in [0.25, 0.3) is 0 Å². The molecule has 1 N–H and O–H groups in total. The summed E-state index contributed by atoms with van der Waals surface area (Å²) in [7, 11) is 0. The average Bonchev–Trinajstić information content (AvgIpc) is 2.75. The fraction of sp³-hybridized carbons (Fsp3) is 0.920. The molecule has 0 aromatic heterocycles. The first kappa shape index (κ1) is 27.1. The van der Waals surface area contributed by atoms with Gasteiger partial charge in [-0.25, -0.2) is 0 Å². The highest BCUT2D eigenvalue weighted by atomic mass is 16.6. The van der Waals surface area contributed by atoms with Gasteiger partial charge in [0.15, 0.2) is 0 Å². The number of hydrogen-bond acceptors (Lipinski definition) is 7. The number of rotatable bonds is 7. The molecule has 0 radical (unpaired) electrons. The van der Waals surface area contributed by atoms with Crippen molar-refractivity contribution in [1.82, 2.24) is 9.96 Å². The van der Waals surface area contributed by atoms with Crippen molar-refractivity contribution in [3.8, 4) is 0 Å². The summed E-state index contributed by atoms with van der Waals surface area (Å²) in [5.41, 5.74) is -1.17. The average molecular weight is 455 g/mol. The van der Waals surface area contributed by atoms with E-state index in [0.717, 1.165) is 32.2 Å². The van der Waals surface area contributed by atoms with Gasteiger partial charge >= 0.3 is 11.9 Å². The summed E-state index contributed by atoms with van der Waals surface area (Å²) in [6.45, 7) is 19.7. The molecule has 7 heteroatoms. The molecule has 2 heterocycles. The predicted octanol–water partition coefficient (Wildman–Crippen LogP) is 4.70. The second kappa shape index (κ2) is 9.59. The number of nitrogens with zero attached hydrogens (tertiary/aromatic N) is 2. The molecular weight excluding hydrogens is 408 g/mol. The number of ether oxygens (including phenoxy) is 2. The van der Waals surface area contributed by atoms with Crippen LogP contribution in [-0.4, -0.2) is 68.0 Å². The van der Waals surface area contributed by atoms with Gasteiger partial charge in [0.1, 0.15) is 12.2 Å². The van der Waals surface area contributed by atoms with Crippen molar-refractivity contribution in [1.29, 1.82) is 0 Å². The summed E-state index contributed by atoms with van der Waals surface area (Å²) in [5.74, 6) is -0.776. The molecule has 186 valence electrons.